The zero-order chi connectivity index (χ0) is 16.2. The van der Waals surface area contributed by atoms with Crippen LogP contribution in [0.15, 0.2) is 18.2 Å². The molecule has 0 aromatic heterocycles. The lowest BCUT2D eigenvalue weighted by atomic mass is 10.0. The number of hydrogen-bond donors (Lipinski definition) is 3. The van der Waals surface area contributed by atoms with Gasteiger partial charge in [-0.3, -0.25) is 4.79 Å². The van der Waals surface area contributed by atoms with Crippen molar-refractivity contribution in [2.24, 2.45) is 0 Å². The zero-order valence-corrected chi connectivity index (χ0v) is 11.6. The first-order chi connectivity index (χ1) is 9.60. The van der Waals surface area contributed by atoms with Crippen molar-refractivity contribution in [2.75, 3.05) is 6.54 Å². The van der Waals surface area contributed by atoms with Crippen LogP contribution in [0.3, 0.4) is 0 Å². The van der Waals surface area contributed by atoms with E-state index in [9.17, 15) is 28.2 Å². The summed E-state index contributed by atoms with van der Waals surface area (Å²) in [6.45, 7) is 1.00. The van der Waals surface area contributed by atoms with Crippen molar-refractivity contribution in [3.8, 4) is 5.75 Å². The van der Waals surface area contributed by atoms with E-state index in [0.29, 0.717) is 0 Å². The quantitative estimate of drug-likeness (QED) is 0.770. The van der Waals surface area contributed by atoms with E-state index in [0.717, 1.165) is 18.2 Å². The molecule has 1 rings (SSSR count). The summed E-state index contributed by atoms with van der Waals surface area (Å²) in [7, 11) is 0. The monoisotopic (exact) mass is 327 g/mol. The lowest BCUT2D eigenvalue weighted by Gasteiger charge is -2.20. The van der Waals surface area contributed by atoms with Crippen LogP contribution in [0.5, 0.6) is 5.75 Å². The highest BCUT2D eigenvalue weighted by Gasteiger charge is 2.31. The number of carbonyl (C=O) groups is 1. The SMILES string of the molecule is CC(=O)NCC(O)C(O)c1ccc(OC(F)(F)F)cc1Cl. The van der Waals surface area contributed by atoms with Crippen LogP contribution in [0.4, 0.5) is 13.2 Å². The third-order valence-corrected chi connectivity index (χ3v) is 2.78. The molecule has 0 saturated heterocycles. The van der Waals surface area contributed by atoms with Crippen LogP contribution >= 0.6 is 11.6 Å². The molecule has 0 bridgehead atoms. The van der Waals surface area contributed by atoms with Gasteiger partial charge in [-0.25, -0.2) is 0 Å². The fraction of sp³-hybridized carbons (Fsp3) is 0.417. The molecule has 0 aliphatic heterocycles. The average Bonchev–Trinajstić information content (AvgIpc) is 2.33. The van der Waals surface area contributed by atoms with Gasteiger partial charge in [-0.1, -0.05) is 17.7 Å². The van der Waals surface area contributed by atoms with E-state index in [1.165, 1.54) is 6.92 Å². The summed E-state index contributed by atoms with van der Waals surface area (Å²) in [5.74, 6) is -0.943. The van der Waals surface area contributed by atoms with E-state index in [1.807, 2.05) is 0 Å². The van der Waals surface area contributed by atoms with Crippen LogP contribution in [0.2, 0.25) is 5.02 Å². The average molecular weight is 328 g/mol. The normalized spacial score (nSPS) is 14.4. The third-order valence-electron chi connectivity index (χ3n) is 2.45. The van der Waals surface area contributed by atoms with Crippen LogP contribution in [0, 0.1) is 0 Å². The molecule has 1 amide bonds. The highest BCUT2D eigenvalue weighted by atomic mass is 35.5. The highest BCUT2D eigenvalue weighted by Crippen LogP contribution is 2.31. The Kier molecular flexibility index (Phi) is 5.82. The van der Waals surface area contributed by atoms with Crippen molar-refractivity contribution in [1.82, 2.24) is 5.32 Å². The number of alkyl halides is 3. The molecule has 1 aromatic rings. The van der Waals surface area contributed by atoms with E-state index in [1.54, 1.807) is 0 Å². The van der Waals surface area contributed by atoms with Gasteiger partial charge in [0.05, 0.1) is 5.02 Å². The molecule has 0 spiro atoms. The van der Waals surface area contributed by atoms with Gasteiger partial charge in [0, 0.05) is 19.0 Å². The molecular weight excluding hydrogens is 315 g/mol. The number of carbonyl (C=O) groups excluding carboxylic acids is 1. The molecule has 0 heterocycles. The maximum absolute atomic E-state index is 12.0. The van der Waals surface area contributed by atoms with Crippen LogP contribution in [0.25, 0.3) is 0 Å². The standard InChI is InChI=1S/C12H13ClF3NO4/c1-6(18)17-5-10(19)11(20)8-3-2-7(4-9(8)13)21-12(14,15)16/h2-4,10-11,19-20H,5H2,1H3,(H,17,18). The molecule has 5 nitrogen and oxygen atoms in total. The molecule has 118 valence electrons. The second-order valence-corrected chi connectivity index (χ2v) is 4.59. The van der Waals surface area contributed by atoms with Crippen molar-refractivity contribution < 1.29 is 32.9 Å². The minimum absolute atomic E-state index is 0.0176. The molecule has 2 unspecified atom stereocenters. The van der Waals surface area contributed by atoms with E-state index in [-0.39, 0.29) is 17.1 Å². The second kappa shape index (κ2) is 6.97. The van der Waals surface area contributed by atoms with Crippen molar-refractivity contribution in [3.63, 3.8) is 0 Å². The van der Waals surface area contributed by atoms with E-state index >= 15 is 0 Å². The van der Waals surface area contributed by atoms with Gasteiger partial charge in [0.15, 0.2) is 0 Å². The largest absolute Gasteiger partial charge is 0.573 e. The fourth-order valence-electron chi connectivity index (χ4n) is 1.51. The number of benzene rings is 1. The Morgan fingerprint density at radius 2 is 2.05 bits per heavy atom. The summed E-state index contributed by atoms with van der Waals surface area (Å²) in [6.07, 6.45) is -7.68. The molecule has 0 saturated carbocycles. The molecule has 9 heteroatoms. The molecule has 2 atom stereocenters. The smallest absolute Gasteiger partial charge is 0.406 e. The van der Waals surface area contributed by atoms with Crippen LogP contribution in [-0.2, 0) is 4.79 Å². The lowest BCUT2D eigenvalue weighted by molar-refractivity contribution is -0.274. The predicted octanol–water partition coefficient (Wildman–Crippen LogP) is 1.77. The van der Waals surface area contributed by atoms with E-state index in [4.69, 9.17) is 11.6 Å². The maximum atomic E-state index is 12.0. The lowest BCUT2D eigenvalue weighted by Crippen LogP contribution is -2.34. The molecule has 0 fully saturated rings. The first-order valence-electron chi connectivity index (χ1n) is 5.76. The van der Waals surface area contributed by atoms with E-state index < -0.39 is 30.2 Å². The molecule has 0 aliphatic carbocycles. The molecule has 1 aromatic carbocycles. The summed E-state index contributed by atoms with van der Waals surface area (Å²) >= 11 is 5.75. The van der Waals surface area contributed by atoms with Gasteiger partial charge in [-0.2, -0.15) is 0 Å². The van der Waals surface area contributed by atoms with Gasteiger partial charge in [-0.15, -0.1) is 13.2 Å². The second-order valence-electron chi connectivity index (χ2n) is 4.18. The third kappa shape index (κ3) is 5.78. The Hall–Kier alpha value is -1.51. The first-order valence-corrected chi connectivity index (χ1v) is 6.13. The van der Waals surface area contributed by atoms with Crippen LogP contribution < -0.4 is 10.1 Å². The van der Waals surface area contributed by atoms with Crippen molar-refractivity contribution in [3.05, 3.63) is 28.8 Å². The Bertz CT molecular complexity index is 510. The number of aliphatic hydroxyl groups excluding tert-OH is 2. The number of nitrogens with one attached hydrogen (secondary N) is 1. The minimum Gasteiger partial charge on any atom is -0.406 e. The van der Waals surface area contributed by atoms with Crippen LogP contribution in [0.1, 0.15) is 18.6 Å². The van der Waals surface area contributed by atoms with Gasteiger partial charge in [0.25, 0.3) is 0 Å². The summed E-state index contributed by atoms with van der Waals surface area (Å²) in [5, 5.41) is 21.6. The van der Waals surface area contributed by atoms with Gasteiger partial charge < -0.3 is 20.3 Å². The minimum atomic E-state index is -4.85. The van der Waals surface area contributed by atoms with Gasteiger partial charge >= 0.3 is 6.36 Å². The number of hydrogen-bond acceptors (Lipinski definition) is 4. The number of halogens is 4. The number of aliphatic hydroxyl groups is 2. The Morgan fingerprint density at radius 1 is 1.43 bits per heavy atom. The van der Waals surface area contributed by atoms with Gasteiger partial charge in [0.2, 0.25) is 5.91 Å². The molecule has 0 radical (unpaired) electrons. The van der Waals surface area contributed by atoms with E-state index in [2.05, 4.69) is 10.1 Å². The number of amides is 1. The Labute approximate surface area is 123 Å². The Morgan fingerprint density at radius 3 is 2.52 bits per heavy atom. The number of ether oxygens (including phenoxy) is 1. The topological polar surface area (TPSA) is 78.8 Å². The van der Waals surface area contributed by atoms with Crippen LogP contribution in [-0.4, -0.2) is 35.1 Å². The van der Waals surface area contributed by atoms with Crippen molar-refractivity contribution >= 4 is 17.5 Å². The zero-order valence-electron chi connectivity index (χ0n) is 10.8. The van der Waals surface area contributed by atoms with Gasteiger partial charge in [0.1, 0.15) is 18.0 Å². The maximum Gasteiger partial charge on any atom is 0.573 e. The molecule has 21 heavy (non-hydrogen) atoms. The molecular formula is C12H13ClF3NO4. The van der Waals surface area contributed by atoms with Crippen molar-refractivity contribution in [1.29, 1.82) is 0 Å². The first kappa shape index (κ1) is 17.5. The van der Waals surface area contributed by atoms with Gasteiger partial charge in [-0.05, 0) is 12.1 Å². The van der Waals surface area contributed by atoms with Crippen molar-refractivity contribution in [2.45, 2.75) is 25.5 Å². The Balaban J connectivity index is 2.81. The number of rotatable bonds is 5. The molecule has 3 N–H and O–H groups in total. The summed E-state index contributed by atoms with van der Waals surface area (Å²) in [4.78, 5) is 10.7. The summed E-state index contributed by atoms with van der Waals surface area (Å²) < 4.78 is 39.8. The highest BCUT2D eigenvalue weighted by molar-refractivity contribution is 6.31. The summed E-state index contributed by atoms with van der Waals surface area (Å²) in [5.41, 5.74) is 0.0176. The summed E-state index contributed by atoms with van der Waals surface area (Å²) in [6, 6.07) is 2.94. The predicted molar refractivity (Wildman–Crippen MR) is 67.8 cm³/mol. The fourth-order valence-corrected chi connectivity index (χ4v) is 1.79. The molecule has 0 aliphatic rings.